The summed E-state index contributed by atoms with van der Waals surface area (Å²) in [5.74, 6) is -0.0156. The van der Waals surface area contributed by atoms with E-state index in [1.165, 1.54) is 11.0 Å². The minimum atomic E-state index is -4.67. The Morgan fingerprint density at radius 3 is 2.56 bits per heavy atom. The lowest BCUT2D eigenvalue weighted by atomic mass is 9.96. The van der Waals surface area contributed by atoms with Crippen molar-refractivity contribution in [3.63, 3.8) is 0 Å². The molecule has 1 aromatic heterocycles. The van der Waals surface area contributed by atoms with Crippen molar-refractivity contribution < 1.29 is 23.1 Å². The molecule has 3 aromatic carbocycles. The number of anilines is 1. The smallest absolute Gasteiger partial charge is 0.392 e. The van der Waals surface area contributed by atoms with Gasteiger partial charge in [-0.15, -0.1) is 10.2 Å². The van der Waals surface area contributed by atoms with Crippen LogP contribution in [0, 0.1) is 11.3 Å². The molecule has 7 nitrogen and oxygen atoms in total. The average molecular weight is 489 g/mol. The third-order valence-electron chi connectivity index (χ3n) is 6.16. The Hall–Kier alpha value is -4.49. The van der Waals surface area contributed by atoms with Gasteiger partial charge in [-0.2, -0.15) is 18.4 Å². The van der Waals surface area contributed by atoms with Gasteiger partial charge in [0.2, 0.25) is 0 Å². The third-order valence-corrected chi connectivity index (χ3v) is 6.16. The number of carbonyl (C=O) groups is 1. The maximum Gasteiger partial charge on any atom is 0.416 e. The Labute approximate surface area is 203 Å². The normalized spacial score (nSPS) is 13.1. The van der Waals surface area contributed by atoms with Crippen LogP contribution in [0.1, 0.15) is 32.6 Å². The second kappa shape index (κ2) is 8.62. The number of nitrogens with zero attached hydrogens (tertiary/aromatic N) is 5. The van der Waals surface area contributed by atoms with Gasteiger partial charge in [0, 0.05) is 23.9 Å². The molecule has 1 aliphatic rings. The summed E-state index contributed by atoms with van der Waals surface area (Å²) < 4.78 is 42.9. The molecule has 0 spiro atoms. The van der Waals surface area contributed by atoms with Crippen molar-refractivity contribution in [3.8, 4) is 28.6 Å². The molecule has 2 heterocycles. The van der Waals surface area contributed by atoms with Gasteiger partial charge in [-0.25, -0.2) is 0 Å². The minimum Gasteiger partial charge on any atom is -0.392 e. The van der Waals surface area contributed by atoms with Crippen LogP contribution in [-0.2, 0) is 26.4 Å². The predicted octanol–water partition coefficient (Wildman–Crippen LogP) is 4.69. The molecular weight excluding hydrogens is 471 g/mol. The zero-order chi connectivity index (χ0) is 25.6. The molecule has 1 N–H and O–H groups in total. The molecule has 4 aromatic rings. The van der Waals surface area contributed by atoms with Crippen LogP contribution < -0.4 is 4.90 Å². The number of aliphatic hydroxyl groups excluding tert-OH is 1. The van der Waals surface area contributed by atoms with E-state index in [4.69, 9.17) is 0 Å². The van der Waals surface area contributed by atoms with Crippen LogP contribution in [0.5, 0.6) is 0 Å². The SMILES string of the molecule is Cn1cnnc1-c1ccc(C#N)cc1-c1cccc(N2Cc3c(cc(CO)cc3C(F)(F)F)C2=O)c1. The van der Waals surface area contributed by atoms with Crippen molar-refractivity contribution in [2.24, 2.45) is 7.05 Å². The number of halogens is 3. The van der Waals surface area contributed by atoms with Crippen molar-refractivity contribution in [1.82, 2.24) is 14.8 Å². The number of carbonyl (C=O) groups excluding carboxylic acids is 1. The van der Waals surface area contributed by atoms with Crippen LogP contribution in [0.2, 0.25) is 0 Å². The van der Waals surface area contributed by atoms with Crippen LogP contribution in [0.4, 0.5) is 18.9 Å². The molecule has 0 unspecified atom stereocenters. The molecule has 36 heavy (non-hydrogen) atoms. The molecule has 1 amide bonds. The molecule has 0 bridgehead atoms. The standard InChI is InChI=1S/C26H18F3N5O2/c1-33-14-31-32-24(33)19-6-5-15(11-30)7-20(19)17-3-2-4-18(10-17)34-12-22-21(25(34)36)8-16(13-35)9-23(22)26(27,28)29/h2-10,14,35H,12-13H2,1H3. The summed E-state index contributed by atoms with van der Waals surface area (Å²) in [6.45, 7) is -0.869. The van der Waals surface area contributed by atoms with E-state index < -0.39 is 24.3 Å². The van der Waals surface area contributed by atoms with Crippen LogP contribution in [-0.4, -0.2) is 25.8 Å². The van der Waals surface area contributed by atoms with Crippen LogP contribution >= 0.6 is 0 Å². The van der Waals surface area contributed by atoms with E-state index in [1.54, 1.807) is 60.4 Å². The fourth-order valence-corrected chi connectivity index (χ4v) is 4.44. The Morgan fingerprint density at radius 2 is 1.89 bits per heavy atom. The number of hydrogen-bond acceptors (Lipinski definition) is 5. The largest absolute Gasteiger partial charge is 0.416 e. The summed E-state index contributed by atoms with van der Waals surface area (Å²) in [6, 6.07) is 16.2. The van der Waals surface area contributed by atoms with Crippen LogP contribution in [0.3, 0.4) is 0 Å². The summed E-state index contributed by atoms with van der Waals surface area (Å²) in [6.07, 6.45) is -3.12. The molecule has 0 aliphatic carbocycles. The Kier molecular flexibility index (Phi) is 5.57. The van der Waals surface area contributed by atoms with E-state index in [0.717, 1.165) is 6.07 Å². The first kappa shape index (κ1) is 23.3. The van der Waals surface area contributed by atoms with E-state index in [-0.39, 0.29) is 23.2 Å². The summed E-state index contributed by atoms with van der Waals surface area (Å²) in [4.78, 5) is 14.5. The quantitative estimate of drug-likeness (QED) is 0.449. The monoisotopic (exact) mass is 489 g/mol. The van der Waals surface area contributed by atoms with Gasteiger partial charge in [0.15, 0.2) is 5.82 Å². The number of alkyl halides is 3. The van der Waals surface area contributed by atoms with Crippen molar-refractivity contribution in [3.05, 3.63) is 88.7 Å². The van der Waals surface area contributed by atoms with Gasteiger partial charge in [0.25, 0.3) is 5.91 Å². The van der Waals surface area contributed by atoms with E-state index in [0.29, 0.717) is 33.8 Å². The topological polar surface area (TPSA) is 95.0 Å². The molecule has 0 saturated heterocycles. The number of amides is 1. The first-order valence-electron chi connectivity index (χ1n) is 10.9. The first-order valence-corrected chi connectivity index (χ1v) is 10.9. The number of benzene rings is 3. The van der Waals surface area contributed by atoms with Gasteiger partial charge in [-0.05, 0) is 64.7 Å². The van der Waals surface area contributed by atoms with E-state index in [9.17, 15) is 28.3 Å². The van der Waals surface area contributed by atoms with Gasteiger partial charge in [-0.3, -0.25) is 4.79 Å². The molecule has 0 fully saturated rings. The van der Waals surface area contributed by atoms with Crippen molar-refractivity contribution in [2.75, 3.05) is 4.90 Å². The first-order chi connectivity index (χ1) is 17.2. The number of aliphatic hydroxyl groups is 1. The number of fused-ring (bicyclic) bond motifs is 1. The highest BCUT2D eigenvalue weighted by molar-refractivity contribution is 6.10. The zero-order valence-corrected chi connectivity index (χ0v) is 18.9. The Bertz CT molecular complexity index is 1550. The van der Waals surface area contributed by atoms with Gasteiger partial charge in [-0.1, -0.05) is 12.1 Å². The van der Waals surface area contributed by atoms with E-state index in [1.807, 2.05) is 0 Å². The number of hydrogen-bond donors (Lipinski definition) is 1. The van der Waals surface area contributed by atoms with Crippen LogP contribution in [0.15, 0.2) is 60.9 Å². The average Bonchev–Trinajstić information content (AvgIpc) is 3.45. The number of rotatable bonds is 4. The third kappa shape index (κ3) is 3.89. The predicted molar refractivity (Wildman–Crippen MR) is 124 cm³/mol. The lowest BCUT2D eigenvalue weighted by Gasteiger charge is -2.18. The van der Waals surface area contributed by atoms with Gasteiger partial charge < -0.3 is 14.6 Å². The molecule has 1 aliphatic heterocycles. The fraction of sp³-hybridized carbons (Fsp3) is 0.154. The van der Waals surface area contributed by atoms with E-state index >= 15 is 0 Å². The Morgan fingerprint density at radius 1 is 1.08 bits per heavy atom. The van der Waals surface area contributed by atoms with Gasteiger partial charge >= 0.3 is 6.18 Å². The summed E-state index contributed by atoms with van der Waals surface area (Å²) in [7, 11) is 1.78. The zero-order valence-electron chi connectivity index (χ0n) is 18.9. The lowest BCUT2D eigenvalue weighted by molar-refractivity contribution is -0.138. The van der Waals surface area contributed by atoms with Gasteiger partial charge in [0.1, 0.15) is 6.33 Å². The summed E-state index contributed by atoms with van der Waals surface area (Å²) in [5, 5.41) is 26.9. The van der Waals surface area contributed by atoms with Gasteiger partial charge in [0.05, 0.1) is 30.3 Å². The fourth-order valence-electron chi connectivity index (χ4n) is 4.44. The lowest BCUT2D eigenvalue weighted by Crippen LogP contribution is -2.23. The maximum absolute atomic E-state index is 13.7. The molecule has 0 saturated carbocycles. The highest BCUT2D eigenvalue weighted by atomic mass is 19.4. The minimum absolute atomic E-state index is 0.0201. The van der Waals surface area contributed by atoms with Crippen molar-refractivity contribution in [2.45, 2.75) is 19.3 Å². The molecule has 0 radical (unpaired) electrons. The number of aromatic nitrogens is 3. The summed E-state index contributed by atoms with van der Waals surface area (Å²) >= 11 is 0. The number of nitriles is 1. The highest BCUT2D eigenvalue weighted by Gasteiger charge is 2.40. The second-order valence-corrected chi connectivity index (χ2v) is 8.40. The molecular formula is C26H18F3N5O2. The van der Waals surface area contributed by atoms with E-state index in [2.05, 4.69) is 16.3 Å². The van der Waals surface area contributed by atoms with Crippen molar-refractivity contribution in [1.29, 1.82) is 5.26 Å². The number of aryl methyl sites for hydroxylation is 1. The highest BCUT2D eigenvalue weighted by Crippen LogP contribution is 2.40. The molecule has 10 heteroatoms. The second-order valence-electron chi connectivity index (χ2n) is 8.40. The molecule has 5 rings (SSSR count). The Balaban J connectivity index is 1.60. The molecule has 0 atom stereocenters. The molecule has 180 valence electrons. The maximum atomic E-state index is 13.7. The summed E-state index contributed by atoms with van der Waals surface area (Å²) in [5.41, 5.74) is 1.72. The van der Waals surface area contributed by atoms with Crippen LogP contribution in [0.25, 0.3) is 22.5 Å². The van der Waals surface area contributed by atoms with Crippen molar-refractivity contribution >= 4 is 11.6 Å².